The third-order valence-electron chi connectivity index (χ3n) is 6.16. The van der Waals surface area contributed by atoms with Gasteiger partial charge in [-0.3, -0.25) is 4.98 Å². The molecule has 0 aliphatic carbocycles. The van der Waals surface area contributed by atoms with Gasteiger partial charge in [0.05, 0.1) is 55.0 Å². The van der Waals surface area contributed by atoms with Gasteiger partial charge in [-0.2, -0.15) is 0 Å². The van der Waals surface area contributed by atoms with Gasteiger partial charge in [0.15, 0.2) is 11.5 Å². The van der Waals surface area contributed by atoms with E-state index >= 15 is 0 Å². The monoisotopic (exact) mass is 470 g/mol. The van der Waals surface area contributed by atoms with Crippen molar-refractivity contribution in [1.29, 1.82) is 0 Å². The minimum atomic E-state index is -0.867. The Kier molecular flexibility index (Phi) is 6.70. The molecular formula is C24H27FN4O5. The van der Waals surface area contributed by atoms with Crippen LogP contribution in [0.15, 0.2) is 30.6 Å². The minimum Gasteiger partial charge on any atom is -0.486 e. The SMILES string of the molecule is COc1cnc2ccc(F)c(C[C@H](O)[C@@H]3CC[C@@H](NCc4cc5c(cn4)OCCO5)CO3)c2n1. The highest BCUT2D eigenvalue weighted by molar-refractivity contribution is 5.78. The van der Waals surface area contributed by atoms with E-state index in [1.54, 1.807) is 12.3 Å². The van der Waals surface area contributed by atoms with E-state index in [0.717, 1.165) is 12.1 Å². The molecule has 2 aliphatic rings. The van der Waals surface area contributed by atoms with E-state index in [2.05, 4.69) is 20.3 Å². The molecule has 0 bridgehead atoms. The highest BCUT2D eigenvalue weighted by atomic mass is 19.1. The van der Waals surface area contributed by atoms with Gasteiger partial charge in [0.1, 0.15) is 19.0 Å². The van der Waals surface area contributed by atoms with Gasteiger partial charge in [-0.05, 0) is 25.0 Å². The van der Waals surface area contributed by atoms with E-state index in [0.29, 0.717) is 66.8 Å². The molecule has 0 radical (unpaired) electrons. The lowest BCUT2D eigenvalue weighted by atomic mass is 9.95. The maximum absolute atomic E-state index is 14.6. The second-order valence-corrected chi connectivity index (χ2v) is 8.42. The Balaban J connectivity index is 1.16. The zero-order valence-electron chi connectivity index (χ0n) is 18.9. The Morgan fingerprint density at radius 2 is 2.03 bits per heavy atom. The average molecular weight is 471 g/mol. The molecule has 0 spiro atoms. The van der Waals surface area contributed by atoms with Crippen LogP contribution in [-0.2, 0) is 17.7 Å². The Labute approximate surface area is 196 Å². The van der Waals surface area contributed by atoms with Crippen LogP contribution in [0.25, 0.3) is 11.0 Å². The summed E-state index contributed by atoms with van der Waals surface area (Å²) in [4.78, 5) is 13.0. The second kappa shape index (κ2) is 10.0. The van der Waals surface area contributed by atoms with Crippen molar-refractivity contribution < 1.29 is 28.4 Å². The Morgan fingerprint density at radius 1 is 1.18 bits per heavy atom. The number of aliphatic hydroxyl groups is 1. The van der Waals surface area contributed by atoms with Gasteiger partial charge in [-0.15, -0.1) is 0 Å². The van der Waals surface area contributed by atoms with Crippen LogP contribution < -0.4 is 19.5 Å². The lowest BCUT2D eigenvalue weighted by Gasteiger charge is -2.32. The lowest BCUT2D eigenvalue weighted by Crippen LogP contribution is -2.44. The first-order valence-corrected chi connectivity index (χ1v) is 11.4. The molecular weight excluding hydrogens is 443 g/mol. The van der Waals surface area contributed by atoms with Crippen molar-refractivity contribution in [2.45, 2.75) is 44.1 Å². The van der Waals surface area contributed by atoms with Crippen molar-refractivity contribution in [3.05, 3.63) is 47.7 Å². The van der Waals surface area contributed by atoms with Crippen LogP contribution in [0.5, 0.6) is 17.4 Å². The van der Waals surface area contributed by atoms with E-state index in [4.69, 9.17) is 18.9 Å². The van der Waals surface area contributed by atoms with E-state index in [-0.39, 0.29) is 12.5 Å². The maximum Gasteiger partial charge on any atom is 0.232 e. The number of ether oxygens (including phenoxy) is 4. The number of pyridine rings is 1. The largest absolute Gasteiger partial charge is 0.486 e. The molecule has 9 nitrogen and oxygen atoms in total. The fourth-order valence-corrected chi connectivity index (χ4v) is 4.30. The van der Waals surface area contributed by atoms with Crippen LogP contribution in [0, 0.1) is 5.82 Å². The van der Waals surface area contributed by atoms with Crippen molar-refractivity contribution in [2.24, 2.45) is 0 Å². The van der Waals surface area contributed by atoms with Gasteiger partial charge < -0.3 is 29.4 Å². The van der Waals surface area contributed by atoms with Crippen molar-refractivity contribution in [3.63, 3.8) is 0 Å². The van der Waals surface area contributed by atoms with Gasteiger partial charge >= 0.3 is 0 Å². The van der Waals surface area contributed by atoms with Gasteiger partial charge in [0.2, 0.25) is 5.88 Å². The zero-order valence-corrected chi connectivity index (χ0v) is 18.9. The second-order valence-electron chi connectivity index (χ2n) is 8.42. The molecule has 4 heterocycles. The number of rotatable bonds is 7. The molecule has 0 saturated carbocycles. The Bertz CT molecular complexity index is 1160. The van der Waals surface area contributed by atoms with Crippen molar-refractivity contribution in [3.8, 4) is 17.4 Å². The first-order valence-electron chi connectivity index (χ1n) is 11.4. The van der Waals surface area contributed by atoms with E-state index in [1.165, 1.54) is 19.4 Å². The van der Waals surface area contributed by atoms with E-state index < -0.39 is 18.0 Å². The highest BCUT2D eigenvalue weighted by Gasteiger charge is 2.29. The fourth-order valence-electron chi connectivity index (χ4n) is 4.30. The number of nitrogens with zero attached hydrogens (tertiary/aromatic N) is 3. The number of hydrogen-bond acceptors (Lipinski definition) is 9. The molecule has 3 aromatic rings. The minimum absolute atomic E-state index is 0.0783. The number of aromatic nitrogens is 3. The maximum atomic E-state index is 14.6. The number of methoxy groups -OCH3 is 1. The summed E-state index contributed by atoms with van der Waals surface area (Å²) in [5, 5.41) is 14.3. The third-order valence-corrected chi connectivity index (χ3v) is 6.16. The lowest BCUT2D eigenvalue weighted by molar-refractivity contribution is -0.0719. The van der Waals surface area contributed by atoms with Gasteiger partial charge in [0, 0.05) is 30.6 Å². The van der Waals surface area contributed by atoms with Crippen LogP contribution in [0.3, 0.4) is 0 Å². The quantitative estimate of drug-likeness (QED) is 0.537. The van der Waals surface area contributed by atoms with Crippen LogP contribution in [0.4, 0.5) is 4.39 Å². The first kappa shape index (κ1) is 22.7. The van der Waals surface area contributed by atoms with E-state index in [1.807, 2.05) is 6.07 Å². The number of benzene rings is 1. The Morgan fingerprint density at radius 3 is 2.82 bits per heavy atom. The number of halogens is 1. The smallest absolute Gasteiger partial charge is 0.232 e. The zero-order chi connectivity index (χ0) is 23.5. The van der Waals surface area contributed by atoms with Crippen LogP contribution in [0.2, 0.25) is 0 Å². The fraction of sp³-hybridized carbons (Fsp3) is 0.458. The van der Waals surface area contributed by atoms with Crippen LogP contribution >= 0.6 is 0 Å². The summed E-state index contributed by atoms with van der Waals surface area (Å²) in [6.45, 7) is 2.08. The number of nitrogens with one attached hydrogen (secondary N) is 1. The molecule has 10 heteroatoms. The van der Waals surface area contributed by atoms with Crippen LogP contribution in [-0.4, -0.2) is 65.2 Å². The van der Waals surface area contributed by atoms with Crippen molar-refractivity contribution >= 4 is 11.0 Å². The summed E-state index contributed by atoms with van der Waals surface area (Å²) in [6.07, 6.45) is 3.45. The molecule has 3 atom stereocenters. The molecule has 0 unspecified atom stereocenters. The van der Waals surface area contributed by atoms with Gasteiger partial charge in [0.25, 0.3) is 0 Å². The van der Waals surface area contributed by atoms with Crippen molar-refractivity contribution in [2.75, 3.05) is 26.9 Å². The topological polar surface area (TPSA) is 108 Å². The summed E-state index contributed by atoms with van der Waals surface area (Å²) in [5.74, 6) is 1.24. The van der Waals surface area contributed by atoms with Gasteiger partial charge in [-0.25, -0.2) is 14.4 Å². The molecule has 1 aromatic carbocycles. The predicted molar refractivity (Wildman–Crippen MR) is 121 cm³/mol. The highest BCUT2D eigenvalue weighted by Crippen LogP contribution is 2.29. The summed E-state index contributed by atoms with van der Waals surface area (Å²) >= 11 is 0. The molecule has 2 N–H and O–H groups in total. The molecule has 1 saturated heterocycles. The molecule has 34 heavy (non-hydrogen) atoms. The summed E-state index contributed by atoms with van der Waals surface area (Å²) in [6, 6.07) is 4.92. The molecule has 1 fully saturated rings. The third kappa shape index (κ3) is 4.89. The Hall–Kier alpha value is -3.08. The summed E-state index contributed by atoms with van der Waals surface area (Å²) in [7, 11) is 1.48. The molecule has 180 valence electrons. The predicted octanol–water partition coefficient (Wildman–Crippen LogP) is 2.18. The summed E-state index contributed by atoms with van der Waals surface area (Å²) < 4.78 is 36.8. The first-order chi connectivity index (χ1) is 16.6. The number of aliphatic hydroxyl groups excluding tert-OH is 1. The standard InChI is InChI=1S/C24H27FN4O5/c1-31-23-12-28-18-4-3-17(25)16(24(18)29-23)9-19(30)20-5-2-14(13-34-20)26-10-15-8-21-22(11-27-15)33-7-6-32-21/h3-4,8,11-12,14,19-20,26,30H,2,5-7,9-10,13H2,1H3/t14-,19+,20+/m1/s1. The molecule has 2 aliphatic heterocycles. The van der Waals surface area contributed by atoms with Gasteiger partial charge in [-0.1, -0.05) is 0 Å². The normalized spacial score (nSPS) is 20.8. The molecule has 5 rings (SSSR count). The van der Waals surface area contributed by atoms with E-state index in [9.17, 15) is 9.50 Å². The number of hydrogen-bond donors (Lipinski definition) is 2. The molecule has 2 aromatic heterocycles. The van der Waals surface area contributed by atoms with Crippen molar-refractivity contribution in [1.82, 2.24) is 20.3 Å². The summed E-state index contributed by atoms with van der Waals surface area (Å²) in [5.41, 5.74) is 2.10. The molecule has 0 amide bonds. The number of fused-ring (bicyclic) bond motifs is 2. The van der Waals surface area contributed by atoms with Crippen LogP contribution in [0.1, 0.15) is 24.1 Å². The average Bonchev–Trinajstić information content (AvgIpc) is 2.89.